The maximum Gasteiger partial charge on any atom is 0.162 e. The second-order valence-electron chi connectivity index (χ2n) is 4.72. The maximum atomic E-state index is 4.64. The van der Waals surface area contributed by atoms with Crippen LogP contribution in [0, 0.1) is 6.92 Å². The lowest BCUT2D eigenvalue weighted by Gasteiger charge is -2.13. The van der Waals surface area contributed by atoms with Gasteiger partial charge in [0.15, 0.2) is 5.82 Å². The fraction of sp³-hybridized carbons (Fsp3) is 0.500. The Balaban J connectivity index is 2.45. The molecule has 2 heterocycles. The molecule has 0 spiro atoms. The van der Waals surface area contributed by atoms with Crippen molar-refractivity contribution >= 4 is 21.7 Å². The molecule has 2 aromatic rings. The molecular formula is C14H20BrN5. The predicted octanol–water partition coefficient (Wildman–Crippen LogP) is 3.51. The molecule has 5 nitrogen and oxygen atoms in total. The van der Waals surface area contributed by atoms with Gasteiger partial charge in [-0.3, -0.25) is 0 Å². The highest BCUT2D eigenvalue weighted by atomic mass is 79.9. The van der Waals surface area contributed by atoms with Crippen LogP contribution >= 0.6 is 15.9 Å². The van der Waals surface area contributed by atoms with E-state index in [0.717, 1.165) is 53.3 Å². The van der Waals surface area contributed by atoms with Crippen molar-refractivity contribution in [2.75, 3.05) is 11.9 Å². The van der Waals surface area contributed by atoms with E-state index in [2.05, 4.69) is 50.2 Å². The first kappa shape index (κ1) is 15.0. The lowest BCUT2D eigenvalue weighted by Crippen LogP contribution is -2.12. The van der Waals surface area contributed by atoms with E-state index in [4.69, 9.17) is 0 Å². The largest absolute Gasteiger partial charge is 0.370 e. The van der Waals surface area contributed by atoms with Crippen molar-refractivity contribution < 1.29 is 0 Å². The highest BCUT2D eigenvalue weighted by Gasteiger charge is 2.12. The average molecular weight is 338 g/mol. The molecule has 0 radical (unpaired) electrons. The van der Waals surface area contributed by atoms with E-state index < -0.39 is 0 Å². The Hall–Kier alpha value is -1.43. The second-order valence-corrected chi connectivity index (χ2v) is 5.63. The zero-order valence-corrected chi connectivity index (χ0v) is 13.7. The summed E-state index contributed by atoms with van der Waals surface area (Å²) < 4.78 is 2.73. The highest BCUT2D eigenvalue weighted by Crippen LogP contribution is 2.20. The number of anilines is 1. The van der Waals surface area contributed by atoms with Gasteiger partial charge in [-0.25, -0.2) is 14.6 Å². The standard InChI is InChI=1S/C14H20BrN5/c1-4-6-12-18-13(16-7-5-2)10(3)14(19-12)20-9-11(15)8-17-20/h8-9H,4-7H2,1-3H3,(H,16,18,19). The molecule has 0 unspecified atom stereocenters. The Morgan fingerprint density at radius 3 is 2.65 bits per heavy atom. The van der Waals surface area contributed by atoms with Crippen LogP contribution in [0.3, 0.4) is 0 Å². The number of hydrogen-bond acceptors (Lipinski definition) is 4. The zero-order chi connectivity index (χ0) is 14.5. The van der Waals surface area contributed by atoms with Crippen molar-refractivity contribution in [2.45, 2.75) is 40.0 Å². The maximum absolute atomic E-state index is 4.64. The summed E-state index contributed by atoms with van der Waals surface area (Å²) in [7, 11) is 0. The summed E-state index contributed by atoms with van der Waals surface area (Å²) in [6.45, 7) is 7.21. The molecular weight excluding hydrogens is 318 g/mol. The molecule has 0 saturated carbocycles. The fourth-order valence-electron chi connectivity index (χ4n) is 1.94. The summed E-state index contributed by atoms with van der Waals surface area (Å²) in [6.07, 6.45) is 6.64. The SMILES string of the molecule is CCCNc1nc(CCC)nc(-n2cc(Br)cn2)c1C. The number of nitrogens with zero attached hydrogens (tertiary/aromatic N) is 4. The van der Waals surface area contributed by atoms with E-state index in [9.17, 15) is 0 Å². The average Bonchev–Trinajstić information content (AvgIpc) is 2.85. The first-order valence-corrected chi connectivity index (χ1v) is 7.77. The number of aromatic nitrogens is 4. The molecule has 2 rings (SSSR count). The minimum absolute atomic E-state index is 0.841. The third kappa shape index (κ3) is 3.36. The molecule has 0 atom stereocenters. The van der Waals surface area contributed by atoms with Gasteiger partial charge < -0.3 is 5.32 Å². The smallest absolute Gasteiger partial charge is 0.162 e. The molecule has 0 aromatic carbocycles. The summed E-state index contributed by atoms with van der Waals surface area (Å²) in [5.74, 6) is 2.61. The van der Waals surface area contributed by atoms with E-state index in [0.29, 0.717) is 0 Å². The quantitative estimate of drug-likeness (QED) is 0.876. The summed E-state index contributed by atoms with van der Waals surface area (Å²) in [4.78, 5) is 9.26. The van der Waals surface area contributed by atoms with Crippen molar-refractivity contribution in [3.63, 3.8) is 0 Å². The van der Waals surface area contributed by atoms with Crippen LogP contribution < -0.4 is 5.32 Å². The molecule has 0 aliphatic heterocycles. The van der Waals surface area contributed by atoms with E-state index >= 15 is 0 Å². The monoisotopic (exact) mass is 337 g/mol. The number of aryl methyl sites for hydroxylation is 1. The fourth-order valence-corrected chi connectivity index (χ4v) is 2.23. The van der Waals surface area contributed by atoms with Crippen LogP contribution in [0.15, 0.2) is 16.9 Å². The summed E-state index contributed by atoms with van der Waals surface area (Å²) >= 11 is 3.42. The Kier molecular flexibility index (Phi) is 5.11. The van der Waals surface area contributed by atoms with Gasteiger partial charge in [-0.2, -0.15) is 5.10 Å². The number of nitrogens with one attached hydrogen (secondary N) is 1. The van der Waals surface area contributed by atoms with Crippen molar-refractivity contribution in [3.05, 3.63) is 28.3 Å². The summed E-state index contributed by atoms with van der Waals surface area (Å²) in [6, 6.07) is 0. The van der Waals surface area contributed by atoms with Gasteiger partial charge in [-0.1, -0.05) is 13.8 Å². The lowest BCUT2D eigenvalue weighted by atomic mass is 10.2. The van der Waals surface area contributed by atoms with E-state index in [1.165, 1.54) is 0 Å². The van der Waals surface area contributed by atoms with Gasteiger partial charge >= 0.3 is 0 Å². The van der Waals surface area contributed by atoms with Crippen molar-refractivity contribution in [3.8, 4) is 5.82 Å². The van der Waals surface area contributed by atoms with Crippen LogP contribution in [0.2, 0.25) is 0 Å². The van der Waals surface area contributed by atoms with Gasteiger partial charge in [-0.15, -0.1) is 0 Å². The zero-order valence-electron chi connectivity index (χ0n) is 12.1. The molecule has 0 amide bonds. The Morgan fingerprint density at radius 2 is 2.05 bits per heavy atom. The minimum atomic E-state index is 0.841. The van der Waals surface area contributed by atoms with Gasteiger partial charge in [-0.05, 0) is 35.7 Å². The van der Waals surface area contributed by atoms with Crippen LogP contribution in [0.1, 0.15) is 38.1 Å². The van der Waals surface area contributed by atoms with Crippen LogP contribution in [0.5, 0.6) is 0 Å². The molecule has 1 N–H and O–H groups in total. The molecule has 20 heavy (non-hydrogen) atoms. The molecule has 0 aliphatic rings. The molecule has 2 aromatic heterocycles. The van der Waals surface area contributed by atoms with Crippen molar-refractivity contribution in [2.24, 2.45) is 0 Å². The molecule has 0 fully saturated rings. The van der Waals surface area contributed by atoms with Gasteiger partial charge in [0.25, 0.3) is 0 Å². The van der Waals surface area contributed by atoms with E-state index in [-0.39, 0.29) is 0 Å². The van der Waals surface area contributed by atoms with Gasteiger partial charge in [0, 0.05) is 24.7 Å². The normalized spacial score (nSPS) is 10.8. The molecule has 108 valence electrons. The summed E-state index contributed by atoms with van der Waals surface area (Å²) in [5, 5.41) is 7.70. The van der Waals surface area contributed by atoms with Crippen LogP contribution in [-0.4, -0.2) is 26.3 Å². The van der Waals surface area contributed by atoms with Gasteiger partial charge in [0.1, 0.15) is 11.6 Å². The van der Waals surface area contributed by atoms with Gasteiger partial charge in [0.2, 0.25) is 0 Å². The minimum Gasteiger partial charge on any atom is -0.370 e. The Labute approximate surface area is 128 Å². The van der Waals surface area contributed by atoms with Crippen molar-refractivity contribution in [1.29, 1.82) is 0 Å². The van der Waals surface area contributed by atoms with Crippen LogP contribution in [-0.2, 0) is 6.42 Å². The third-order valence-corrected chi connectivity index (χ3v) is 3.36. The molecule has 0 saturated heterocycles. The summed E-state index contributed by atoms with van der Waals surface area (Å²) in [5.41, 5.74) is 1.02. The Bertz CT molecular complexity index is 579. The number of halogens is 1. The van der Waals surface area contributed by atoms with Gasteiger partial charge in [0.05, 0.1) is 10.7 Å². The molecule has 0 bridgehead atoms. The van der Waals surface area contributed by atoms with Crippen LogP contribution in [0.4, 0.5) is 5.82 Å². The number of hydrogen-bond donors (Lipinski definition) is 1. The van der Waals surface area contributed by atoms with Crippen molar-refractivity contribution in [1.82, 2.24) is 19.7 Å². The van der Waals surface area contributed by atoms with E-state index in [1.807, 2.05) is 13.1 Å². The highest BCUT2D eigenvalue weighted by molar-refractivity contribution is 9.10. The predicted molar refractivity (Wildman–Crippen MR) is 84.4 cm³/mol. The first-order valence-electron chi connectivity index (χ1n) is 6.97. The third-order valence-electron chi connectivity index (χ3n) is 2.95. The molecule has 6 heteroatoms. The lowest BCUT2D eigenvalue weighted by molar-refractivity contribution is 0.776. The van der Waals surface area contributed by atoms with E-state index in [1.54, 1.807) is 10.9 Å². The first-order chi connectivity index (χ1) is 9.65. The Morgan fingerprint density at radius 1 is 1.25 bits per heavy atom. The molecule has 0 aliphatic carbocycles. The second kappa shape index (κ2) is 6.83. The topological polar surface area (TPSA) is 55.6 Å². The van der Waals surface area contributed by atoms with Crippen LogP contribution in [0.25, 0.3) is 5.82 Å². The number of rotatable bonds is 6.